The summed E-state index contributed by atoms with van der Waals surface area (Å²) in [5.74, 6) is -0.200. The minimum atomic E-state index is -4.46. The van der Waals surface area contributed by atoms with Crippen LogP contribution in [-0.4, -0.2) is 116 Å². The molecule has 0 radical (unpaired) electrons. The number of hydrogen-bond donors (Lipinski definition) is 6. The van der Waals surface area contributed by atoms with Gasteiger partial charge < -0.3 is 25.6 Å². The first-order valence-corrected chi connectivity index (χ1v) is 39.1. The molecule has 0 aromatic heterocycles. The summed E-state index contributed by atoms with van der Waals surface area (Å²) in [6.45, 7) is 15.8. The van der Waals surface area contributed by atoms with Crippen molar-refractivity contribution in [2.24, 2.45) is 0 Å². The predicted molar refractivity (Wildman–Crippen MR) is 382 cm³/mol. The third-order valence-corrected chi connectivity index (χ3v) is 21.1. The van der Waals surface area contributed by atoms with Gasteiger partial charge in [-0.2, -0.15) is 29.8 Å². The molecule has 2 heterocycles. The molecular formula is C75H100N5O15S3+. The number of amides is 3. The third-order valence-electron chi connectivity index (χ3n) is 18.7. The van der Waals surface area contributed by atoms with Crippen LogP contribution in [0.4, 0.5) is 16.2 Å². The van der Waals surface area contributed by atoms with E-state index in [1.807, 2.05) is 54.6 Å². The Balaban J connectivity index is 1.01. The van der Waals surface area contributed by atoms with Crippen LogP contribution >= 0.6 is 0 Å². The highest BCUT2D eigenvalue weighted by atomic mass is 32.2. The van der Waals surface area contributed by atoms with Gasteiger partial charge in [-0.3, -0.25) is 32.8 Å². The van der Waals surface area contributed by atoms with Crippen molar-refractivity contribution in [1.82, 2.24) is 16.0 Å². The SMILES string of the molecule is CCCCC[N+]1=C(/C=C/C2=C(Oc3ccc(CCCC(=O)[C@H](Cc4ccccc4)NC(=O)CCCCCCC(=O)CCCNC(=O)N[C@H](CC)C(=O)CCS(=O)(=O)O)cc3)C(=C/C=C3/N(CCCC)c4ccc(S(=O)(=O)O)cc4C3(C)C)/CCC2)C(C)(C)c2cc(S(=O)(=O)O)ccc21. The summed E-state index contributed by atoms with van der Waals surface area (Å²) in [6, 6.07) is 24.8. The van der Waals surface area contributed by atoms with Crippen LogP contribution < -0.4 is 25.6 Å². The molecule has 0 bridgehead atoms. The van der Waals surface area contributed by atoms with E-state index in [0.717, 1.165) is 101 Å². The van der Waals surface area contributed by atoms with E-state index in [-0.39, 0.29) is 59.5 Å². The molecule has 23 heteroatoms. The number of anilines is 1. The molecule has 532 valence electrons. The monoisotopic (exact) mass is 1410 g/mol. The quantitative estimate of drug-likeness (QED) is 0.0137. The summed E-state index contributed by atoms with van der Waals surface area (Å²) in [6.07, 6.45) is 20.8. The molecule has 98 heavy (non-hydrogen) atoms. The average Bonchev–Trinajstić information content (AvgIpc) is 1.59. The van der Waals surface area contributed by atoms with Crippen LogP contribution in [0.15, 0.2) is 148 Å². The Bertz CT molecular complexity index is 4020. The van der Waals surface area contributed by atoms with Crippen molar-refractivity contribution >= 4 is 76.7 Å². The number of aryl methyl sites for hydroxylation is 1. The van der Waals surface area contributed by atoms with Crippen LogP contribution in [0.1, 0.15) is 199 Å². The van der Waals surface area contributed by atoms with Gasteiger partial charge in [-0.1, -0.05) is 109 Å². The van der Waals surface area contributed by atoms with E-state index in [9.17, 15) is 58.3 Å². The lowest BCUT2D eigenvalue weighted by molar-refractivity contribution is -0.438. The third kappa shape index (κ3) is 22.0. The molecule has 4 aromatic rings. The van der Waals surface area contributed by atoms with Crippen LogP contribution in [0, 0.1) is 0 Å². The predicted octanol–water partition coefficient (Wildman–Crippen LogP) is 13.5. The fourth-order valence-electron chi connectivity index (χ4n) is 13.1. The lowest BCUT2D eigenvalue weighted by Crippen LogP contribution is -2.46. The van der Waals surface area contributed by atoms with Crippen LogP contribution in [0.5, 0.6) is 5.75 Å². The summed E-state index contributed by atoms with van der Waals surface area (Å²) in [5, 5.41) is 8.13. The number of allylic oxidation sites excluding steroid dienone is 7. The number of unbranched alkanes of at least 4 members (excludes halogenated alkanes) is 6. The normalized spacial score (nSPS) is 16.7. The zero-order chi connectivity index (χ0) is 71.4. The standard InChI is InChI=1S/C75H99N5O15S3/c1-8-11-20-48-80-66-42-40-60(98(92,93)94)52-62(66)75(6,7)70(80)44-36-56-28-22-27-55(35-43-69-74(4,5)61-51-59(97(89,90)91)39-41-65(61)79(69)47-12-9-2)72(56)95-58-37-33-53(34-38-58)26-21-31-67(82)64(50-54-24-16-15-17-25-54)77-71(84)32-19-14-13-18-29-57(81)30-23-46-76-73(85)78-63(10-3)68(83)45-49-96(86,87)88/h15-17,24-25,33-44,51-52,63-64H,8-14,18-23,26-32,45-50H2,1-7H3,(H5-,76,77,78,84,85,86,87,88,89,90,91,92,93,94)/p+1/t63-,64+/m1/s1. The number of fused-ring (bicyclic) bond motifs is 2. The van der Waals surface area contributed by atoms with Gasteiger partial charge in [0.2, 0.25) is 11.6 Å². The minimum Gasteiger partial charge on any atom is -0.457 e. The lowest BCUT2D eigenvalue weighted by atomic mass is 9.81. The maximum atomic E-state index is 14.0. The van der Waals surface area contributed by atoms with E-state index in [1.54, 1.807) is 31.2 Å². The number of hydrogen-bond acceptors (Lipinski definition) is 13. The summed E-state index contributed by atoms with van der Waals surface area (Å²) in [4.78, 5) is 66.5. The van der Waals surface area contributed by atoms with Gasteiger partial charge in [0, 0.05) is 86.1 Å². The average molecular weight is 1410 g/mol. The molecule has 0 saturated carbocycles. The first-order chi connectivity index (χ1) is 46.4. The molecule has 20 nitrogen and oxygen atoms in total. The Hall–Kier alpha value is -7.41. The Labute approximate surface area is 580 Å². The molecule has 3 aliphatic rings. The highest BCUT2D eigenvalue weighted by Gasteiger charge is 2.45. The maximum absolute atomic E-state index is 14.0. The number of urea groups is 1. The number of rotatable bonds is 39. The van der Waals surface area contributed by atoms with Gasteiger partial charge in [0.15, 0.2) is 17.3 Å². The summed E-state index contributed by atoms with van der Waals surface area (Å²) < 4.78 is 110. The van der Waals surface area contributed by atoms with Crippen molar-refractivity contribution in [2.45, 2.75) is 222 Å². The van der Waals surface area contributed by atoms with Crippen LogP contribution in [0.25, 0.3) is 0 Å². The van der Waals surface area contributed by atoms with E-state index in [1.165, 1.54) is 12.1 Å². The Kier molecular flexibility index (Phi) is 28.3. The molecule has 2 atom stereocenters. The molecular weight excluding hydrogens is 1310 g/mol. The molecule has 2 aliphatic heterocycles. The fourth-order valence-corrected chi connectivity index (χ4v) is 14.6. The Morgan fingerprint density at radius 1 is 0.633 bits per heavy atom. The van der Waals surface area contributed by atoms with Crippen molar-refractivity contribution < 1.29 is 72.2 Å². The van der Waals surface area contributed by atoms with Crippen LogP contribution in [-0.2, 0) is 73.2 Å². The number of benzene rings is 4. The highest BCUT2D eigenvalue weighted by Crippen LogP contribution is 2.49. The first kappa shape index (κ1) is 77.9. The largest absolute Gasteiger partial charge is 0.457 e. The maximum Gasteiger partial charge on any atom is 0.315 e. The fraction of sp³-hybridized carbons (Fsp3) is 0.493. The van der Waals surface area contributed by atoms with Gasteiger partial charge in [-0.25, -0.2) is 4.79 Å². The summed E-state index contributed by atoms with van der Waals surface area (Å²) >= 11 is 0. The summed E-state index contributed by atoms with van der Waals surface area (Å²) in [7, 11) is -13.2. The zero-order valence-corrected chi connectivity index (χ0v) is 60.3. The van der Waals surface area contributed by atoms with Crippen molar-refractivity contribution in [3.8, 4) is 5.75 Å². The molecule has 0 saturated heterocycles. The molecule has 7 rings (SSSR count). The van der Waals surface area contributed by atoms with Crippen LogP contribution in [0.3, 0.4) is 0 Å². The van der Waals surface area contributed by atoms with Crippen molar-refractivity contribution in [3.05, 3.63) is 160 Å². The van der Waals surface area contributed by atoms with Gasteiger partial charge in [-0.05, 0) is 173 Å². The summed E-state index contributed by atoms with van der Waals surface area (Å²) in [5.41, 5.74) is 7.84. The Morgan fingerprint density at radius 3 is 1.95 bits per heavy atom. The van der Waals surface area contributed by atoms with E-state index < -0.39 is 77.3 Å². The second-order valence-corrected chi connectivity index (χ2v) is 31.3. The smallest absolute Gasteiger partial charge is 0.315 e. The lowest BCUT2D eigenvalue weighted by Gasteiger charge is -2.27. The highest BCUT2D eigenvalue weighted by molar-refractivity contribution is 7.86. The van der Waals surface area contributed by atoms with Gasteiger partial charge in [-0.15, -0.1) is 0 Å². The van der Waals surface area contributed by atoms with Crippen molar-refractivity contribution in [1.29, 1.82) is 0 Å². The second kappa shape index (κ2) is 35.6. The van der Waals surface area contributed by atoms with E-state index in [0.29, 0.717) is 88.8 Å². The number of Topliss-reactive ketones (excluding diaryl/α,β-unsaturated/α-hetero) is 3. The van der Waals surface area contributed by atoms with Crippen LogP contribution in [0.2, 0.25) is 0 Å². The van der Waals surface area contributed by atoms with Crippen molar-refractivity contribution in [3.63, 3.8) is 0 Å². The van der Waals surface area contributed by atoms with E-state index >= 15 is 0 Å². The number of carbonyl (C=O) groups excluding carboxylic acids is 5. The number of carbonyl (C=O) groups is 5. The molecule has 4 aromatic carbocycles. The van der Waals surface area contributed by atoms with Gasteiger partial charge >= 0.3 is 6.03 Å². The van der Waals surface area contributed by atoms with Gasteiger partial charge in [0.25, 0.3) is 30.4 Å². The van der Waals surface area contributed by atoms with Gasteiger partial charge in [0.1, 0.15) is 23.8 Å². The zero-order valence-electron chi connectivity index (χ0n) is 57.9. The molecule has 1 aliphatic carbocycles. The molecule has 0 spiro atoms. The number of nitrogens with one attached hydrogen (secondary N) is 3. The molecule has 0 fully saturated rings. The topological polar surface area (TPSA) is 300 Å². The van der Waals surface area contributed by atoms with Crippen molar-refractivity contribution in [2.75, 3.05) is 30.3 Å². The number of ketones is 3. The minimum absolute atomic E-state index is 0.0391. The molecule has 0 unspecified atom stereocenters. The Morgan fingerprint density at radius 2 is 1.29 bits per heavy atom. The number of ether oxygens (including phenoxy) is 1. The van der Waals surface area contributed by atoms with E-state index in [2.05, 4.69) is 91.3 Å². The number of nitrogens with zero attached hydrogens (tertiary/aromatic N) is 2. The van der Waals surface area contributed by atoms with E-state index in [4.69, 9.17) is 9.29 Å². The van der Waals surface area contributed by atoms with Gasteiger partial charge in [0.05, 0.1) is 33.0 Å². The first-order valence-electron chi connectivity index (χ1n) is 34.6. The molecule has 3 amide bonds. The second-order valence-electron chi connectivity index (χ2n) is 26.9. The molecule has 6 N–H and O–H groups in total.